The average Bonchev–Trinajstić information content (AvgIpc) is 2.67. The minimum atomic E-state index is -0.135. The Morgan fingerprint density at radius 2 is 2.00 bits per heavy atom. The Kier molecular flexibility index (Phi) is 7.15. The first-order valence-corrected chi connectivity index (χ1v) is 9.23. The van der Waals surface area contributed by atoms with Crippen LogP contribution < -0.4 is 16.2 Å². The lowest BCUT2D eigenvalue weighted by Gasteiger charge is -2.30. The number of carbonyl (C=O) groups excluding carboxylic acids is 2. The molecule has 7 heteroatoms. The number of likely N-dealkylation sites (tertiary alicyclic amines) is 1. The third-order valence-corrected chi connectivity index (χ3v) is 4.83. The van der Waals surface area contributed by atoms with Crippen LogP contribution in [-0.4, -0.2) is 34.9 Å². The molecule has 0 unspecified atom stereocenters. The smallest absolute Gasteiger partial charge is 0.245 e. The van der Waals surface area contributed by atoms with Crippen LogP contribution in [-0.2, 0) is 16.0 Å². The van der Waals surface area contributed by atoms with Gasteiger partial charge in [0.05, 0.1) is 0 Å². The minimum absolute atomic E-state index is 0.0858. The highest BCUT2D eigenvalue weighted by molar-refractivity contribution is 7.80. The molecule has 2 amide bonds. The van der Waals surface area contributed by atoms with Crippen molar-refractivity contribution in [3.63, 3.8) is 0 Å². The second-order valence-corrected chi connectivity index (χ2v) is 6.74. The summed E-state index contributed by atoms with van der Waals surface area (Å²) >= 11 is 5.29. The van der Waals surface area contributed by atoms with Crippen LogP contribution in [0.4, 0.5) is 5.69 Å². The van der Waals surface area contributed by atoms with Crippen LogP contribution in [0.5, 0.6) is 0 Å². The molecule has 1 heterocycles. The van der Waals surface area contributed by atoms with E-state index < -0.39 is 0 Å². The van der Waals surface area contributed by atoms with E-state index >= 15 is 0 Å². The van der Waals surface area contributed by atoms with Gasteiger partial charge in [-0.3, -0.25) is 20.4 Å². The van der Waals surface area contributed by atoms with E-state index in [4.69, 9.17) is 12.2 Å². The normalized spacial score (nSPS) is 14.5. The van der Waals surface area contributed by atoms with Crippen molar-refractivity contribution < 1.29 is 9.59 Å². The SMILES string of the molecule is C=CC(=O)N1CCC(C(=O)NNC(=S)Nc2c(C)cccc2CC)CC1. The van der Waals surface area contributed by atoms with Crippen molar-refractivity contribution in [1.29, 1.82) is 0 Å². The predicted octanol–water partition coefficient (Wildman–Crippen LogP) is 2.30. The van der Waals surface area contributed by atoms with Crippen LogP contribution in [0, 0.1) is 12.8 Å². The van der Waals surface area contributed by atoms with Crippen LogP contribution >= 0.6 is 12.2 Å². The molecular formula is C19H26N4O2S. The lowest BCUT2D eigenvalue weighted by Crippen LogP contribution is -2.49. The number of anilines is 1. The molecule has 0 spiro atoms. The molecule has 0 atom stereocenters. The third-order valence-electron chi connectivity index (χ3n) is 4.63. The molecule has 1 aliphatic heterocycles. The fourth-order valence-corrected chi connectivity index (χ4v) is 3.21. The van der Waals surface area contributed by atoms with E-state index in [2.05, 4.69) is 35.7 Å². The fraction of sp³-hybridized carbons (Fsp3) is 0.421. The standard InChI is InChI=1S/C19H26N4O2S/c1-4-14-8-6-7-13(3)17(14)20-19(26)22-21-18(25)15-9-11-23(12-10-15)16(24)5-2/h5-8,15H,2,4,9-12H2,1,3H3,(H,21,25)(H2,20,22,26). The molecule has 1 saturated heterocycles. The lowest BCUT2D eigenvalue weighted by atomic mass is 9.96. The molecule has 0 aromatic heterocycles. The molecule has 6 nitrogen and oxygen atoms in total. The summed E-state index contributed by atoms with van der Waals surface area (Å²) in [5, 5.41) is 3.51. The zero-order chi connectivity index (χ0) is 19.1. The van der Waals surface area contributed by atoms with Crippen LogP contribution in [0.3, 0.4) is 0 Å². The number of benzene rings is 1. The largest absolute Gasteiger partial charge is 0.339 e. The number of aryl methyl sites for hydroxylation is 2. The maximum Gasteiger partial charge on any atom is 0.245 e. The molecule has 0 radical (unpaired) electrons. The van der Waals surface area contributed by atoms with Crippen molar-refractivity contribution in [3.8, 4) is 0 Å². The van der Waals surface area contributed by atoms with Crippen LogP contribution in [0.2, 0.25) is 0 Å². The Balaban J connectivity index is 1.82. The van der Waals surface area contributed by atoms with E-state index in [1.54, 1.807) is 4.90 Å². The van der Waals surface area contributed by atoms with Gasteiger partial charge in [-0.05, 0) is 55.6 Å². The molecule has 2 rings (SSSR count). The Hall–Kier alpha value is -2.41. The number of piperidine rings is 1. The van der Waals surface area contributed by atoms with Crippen molar-refractivity contribution in [2.75, 3.05) is 18.4 Å². The summed E-state index contributed by atoms with van der Waals surface area (Å²) in [6.07, 6.45) is 3.46. The van der Waals surface area contributed by atoms with Crippen LogP contribution in [0.15, 0.2) is 30.9 Å². The van der Waals surface area contributed by atoms with Crippen molar-refractivity contribution in [2.45, 2.75) is 33.1 Å². The number of para-hydroxylation sites is 1. The number of amides is 2. The quantitative estimate of drug-likeness (QED) is 0.428. The zero-order valence-corrected chi connectivity index (χ0v) is 16.1. The molecule has 1 aliphatic rings. The predicted molar refractivity (Wildman–Crippen MR) is 108 cm³/mol. The number of carbonyl (C=O) groups is 2. The van der Waals surface area contributed by atoms with Crippen LogP contribution in [0.25, 0.3) is 0 Å². The van der Waals surface area contributed by atoms with Gasteiger partial charge in [0, 0.05) is 24.7 Å². The van der Waals surface area contributed by atoms with Crippen molar-refractivity contribution in [3.05, 3.63) is 42.0 Å². The Morgan fingerprint density at radius 1 is 1.31 bits per heavy atom. The fourth-order valence-electron chi connectivity index (χ4n) is 3.06. The summed E-state index contributed by atoms with van der Waals surface area (Å²) in [5.41, 5.74) is 8.68. The number of hydrogen-bond acceptors (Lipinski definition) is 3. The van der Waals surface area contributed by atoms with Gasteiger partial charge in [0.2, 0.25) is 11.8 Å². The maximum atomic E-state index is 12.3. The van der Waals surface area contributed by atoms with E-state index in [0.29, 0.717) is 31.0 Å². The summed E-state index contributed by atoms with van der Waals surface area (Å²) < 4.78 is 0. The number of thiocarbonyl (C=S) groups is 1. The molecule has 26 heavy (non-hydrogen) atoms. The van der Waals surface area contributed by atoms with E-state index in [-0.39, 0.29) is 17.7 Å². The number of nitrogens with one attached hydrogen (secondary N) is 3. The van der Waals surface area contributed by atoms with Gasteiger partial charge in [0.15, 0.2) is 5.11 Å². The number of hydrogen-bond donors (Lipinski definition) is 3. The molecule has 0 bridgehead atoms. The van der Waals surface area contributed by atoms with Crippen molar-refractivity contribution >= 4 is 34.8 Å². The summed E-state index contributed by atoms with van der Waals surface area (Å²) in [6, 6.07) is 6.08. The van der Waals surface area contributed by atoms with Crippen molar-refractivity contribution in [2.24, 2.45) is 5.92 Å². The van der Waals surface area contributed by atoms with E-state index in [1.165, 1.54) is 11.6 Å². The van der Waals surface area contributed by atoms with Crippen LogP contribution in [0.1, 0.15) is 30.9 Å². The number of rotatable bonds is 4. The first kappa shape index (κ1) is 19.9. The van der Waals surface area contributed by atoms with Gasteiger partial charge >= 0.3 is 0 Å². The Labute approximate surface area is 160 Å². The molecule has 3 N–H and O–H groups in total. The minimum Gasteiger partial charge on any atom is -0.339 e. The van der Waals surface area contributed by atoms with Gasteiger partial charge in [0.1, 0.15) is 0 Å². The second-order valence-electron chi connectivity index (χ2n) is 6.33. The van der Waals surface area contributed by atoms with Gasteiger partial charge in [-0.2, -0.15) is 0 Å². The summed E-state index contributed by atoms with van der Waals surface area (Å²) in [7, 11) is 0. The summed E-state index contributed by atoms with van der Waals surface area (Å²) in [4.78, 5) is 25.6. The topological polar surface area (TPSA) is 73.5 Å². The van der Waals surface area contributed by atoms with Gasteiger partial charge in [0.25, 0.3) is 0 Å². The lowest BCUT2D eigenvalue weighted by molar-refractivity contribution is -0.132. The first-order chi connectivity index (χ1) is 12.5. The Morgan fingerprint density at radius 3 is 2.62 bits per heavy atom. The monoisotopic (exact) mass is 374 g/mol. The number of nitrogens with zero attached hydrogens (tertiary/aromatic N) is 1. The molecule has 140 valence electrons. The molecule has 0 aliphatic carbocycles. The van der Waals surface area contributed by atoms with E-state index in [1.807, 2.05) is 19.1 Å². The third kappa shape index (κ3) is 5.05. The molecular weight excluding hydrogens is 348 g/mol. The van der Waals surface area contributed by atoms with E-state index in [0.717, 1.165) is 17.7 Å². The Bertz CT molecular complexity index is 697. The molecule has 1 aromatic carbocycles. The summed E-state index contributed by atoms with van der Waals surface area (Å²) in [6.45, 7) is 8.72. The van der Waals surface area contributed by atoms with E-state index in [9.17, 15) is 9.59 Å². The maximum absolute atomic E-state index is 12.3. The van der Waals surface area contributed by atoms with Gasteiger partial charge in [-0.25, -0.2) is 0 Å². The molecule has 1 aromatic rings. The van der Waals surface area contributed by atoms with Crippen molar-refractivity contribution in [1.82, 2.24) is 15.8 Å². The zero-order valence-electron chi connectivity index (χ0n) is 15.3. The van der Waals surface area contributed by atoms with Gasteiger partial charge in [-0.1, -0.05) is 31.7 Å². The highest BCUT2D eigenvalue weighted by atomic mass is 32.1. The first-order valence-electron chi connectivity index (χ1n) is 8.83. The van der Waals surface area contributed by atoms with Gasteiger partial charge in [-0.15, -0.1) is 0 Å². The highest BCUT2D eigenvalue weighted by Crippen LogP contribution is 2.21. The number of hydrazine groups is 1. The molecule has 1 fully saturated rings. The van der Waals surface area contributed by atoms with Gasteiger partial charge < -0.3 is 10.2 Å². The molecule has 0 saturated carbocycles. The highest BCUT2D eigenvalue weighted by Gasteiger charge is 2.26. The summed E-state index contributed by atoms with van der Waals surface area (Å²) in [5.74, 6) is -0.332. The average molecular weight is 375 g/mol. The second kappa shape index (κ2) is 9.33.